The molecule has 1 fully saturated rings. The molecule has 0 aromatic heterocycles. The summed E-state index contributed by atoms with van der Waals surface area (Å²) in [4.78, 5) is 0. The third-order valence-electron chi connectivity index (χ3n) is 0.204. The van der Waals surface area contributed by atoms with E-state index in [-0.39, 0.29) is 0 Å². The Bertz CT molecular complexity index is 11.6. The lowest BCUT2D eigenvalue weighted by Gasteiger charge is -1.24. The number of hydrogen-bond acceptors (Lipinski definition) is 1. The van der Waals surface area contributed by atoms with E-state index in [1.807, 2.05) is 5.83 Å². The highest BCUT2D eigenvalue weighted by Gasteiger charge is 1.94. The maximum Gasteiger partial charge on any atom is 0.0701 e. The lowest BCUT2D eigenvalue weighted by molar-refractivity contribution is 0.475. The summed E-state index contributed by atoms with van der Waals surface area (Å²) in [6, 6.07) is 0. The van der Waals surface area contributed by atoms with E-state index >= 15 is 0 Å². The molecule has 0 atom stereocenters. The van der Waals surface area contributed by atoms with Crippen LogP contribution in [-0.4, -0.2) is 19.0 Å². The van der Waals surface area contributed by atoms with Crippen molar-refractivity contribution in [3.05, 3.63) is 0 Å². The SMILES string of the molecule is C1CO1.CBr. The molecule has 1 aliphatic rings. The molecule has 0 aliphatic carbocycles. The molecule has 0 amide bonds. The molecule has 1 nitrogen and oxygen atoms in total. The van der Waals surface area contributed by atoms with E-state index < -0.39 is 0 Å². The summed E-state index contributed by atoms with van der Waals surface area (Å²) in [7, 11) is 0. The van der Waals surface area contributed by atoms with Crippen LogP contribution in [-0.2, 0) is 4.74 Å². The van der Waals surface area contributed by atoms with E-state index in [0.29, 0.717) is 0 Å². The number of alkyl halides is 1. The molecule has 1 heterocycles. The standard InChI is InChI=1S/C2H4O.CH3Br/c1-2-3-1;1-2/h1-2H2;1H3. The van der Waals surface area contributed by atoms with Gasteiger partial charge >= 0.3 is 0 Å². The molecule has 2 heteroatoms. The molecule has 0 aromatic carbocycles. The zero-order chi connectivity index (χ0) is 4.12. The molecule has 5 heavy (non-hydrogen) atoms. The molecule has 1 aliphatic heterocycles. The number of rotatable bonds is 0. The van der Waals surface area contributed by atoms with Crippen molar-refractivity contribution in [3.63, 3.8) is 0 Å². The first kappa shape index (κ1) is 5.44. The van der Waals surface area contributed by atoms with Crippen LogP contribution in [0.25, 0.3) is 0 Å². The van der Waals surface area contributed by atoms with E-state index in [1.54, 1.807) is 0 Å². The van der Waals surface area contributed by atoms with Crippen LogP contribution in [0.2, 0.25) is 0 Å². The maximum atomic E-state index is 4.50. The van der Waals surface area contributed by atoms with Crippen LogP contribution in [0.15, 0.2) is 0 Å². The van der Waals surface area contributed by atoms with Crippen molar-refractivity contribution in [2.75, 3.05) is 19.0 Å². The summed E-state index contributed by atoms with van der Waals surface area (Å²) >= 11 is 2.94. The number of halogens is 1. The molecular weight excluding hydrogens is 132 g/mol. The highest BCUT2D eigenvalue weighted by atomic mass is 79.9. The van der Waals surface area contributed by atoms with Crippen LogP contribution in [0.4, 0.5) is 0 Å². The Morgan fingerprint density at radius 2 is 1.60 bits per heavy atom. The molecule has 0 unspecified atom stereocenters. The Balaban J connectivity index is 0.0000000733. The molecule has 0 aromatic rings. The molecule has 0 radical (unpaired) electrons. The first-order valence-electron chi connectivity index (χ1n) is 1.46. The zero-order valence-electron chi connectivity index (χ0n) is 3.20. The van der Waals surface area contributed by atoms with Gasteiger partial charge in [-0.05, 0) is 5.83 Å². The van der Waals surface area contributed by atoms with E-state index in [1.165, 1.54) is 0 Å². The van der Waals surface area contributed by atoms with E-state index in [9.17, 15) is 0 Å². The molecule has 1 rings (SSSR count). The topological polar surface area (TPSA) is 12.5 Å². The Morgan fingerprint density at radius 1 is 1.40 bits per heavy atom. The fraction of sp³-hybridized carbons (Fsp3) is 1.00. The smallest absolute Gasteiger partial charge is 0.0701 e. The average molecular weight is 139 g/mol. The predicted octanol–water partition coefficient (Wildman–Crippen LogP) is 1.03. The number of hydrogen-bond donors (Lipinski definition) is 0. The Morgan fingerprint density at radius 3 is 1.60 bits per heavy atom. The van der Waals surface area contributed by atoms with Gasteiger partial charge in [-0.15, -0.1) is 0 Å². The monoisotopic (exact) mass is 138 g/mol. The van der Waals surface area contributed by atoms with Crippen molar-refractivity contribution in [3.8, 4) is 0 Å². The van der Waals surface area contributed by atoms with E-state index in [4.69, 9.17) is 0 Å². The van der Waals surface area contributed by atoms with Gasteiger partial charge in [-0.3, -0.25) is 0 Å². The molecular formula is C3H7BrO. The summed E-state index contributed by atoms with van der Waals surface area (Å²) in [6.07, 6.45) is 0. The van der Waals surface area contributed by atoms with Crippen molar-refractivity contribution in [1.29, 1.82) is 0 Å². The quantitative estimate of drug-likeness (QED) is 0.360. The minimum absolute atomic E-state index is 1.00. The van der Waals surface area contributed by atoms with Gasteiger partial charge in [-0.2, -0.15) is 0 Å². The normalized spacial score (nSPS) is 15.6. The Kier molecular flexibility index (Phi) is 4.83. The third kappa shape index (κ3) is 12.7. The van der Waals surface area contributed by atoms with E-state index in [0.717, 1.165) is 13.2 Å². The zero-order valence-corrected chi connectivity index (χ0v) is 4.79. The molecule has 32 valence electrons. The third-order valence-corrected chi connectivity index (χ3v) is 0.204. The van der Waals surface area contributed by atoms with Crippen molar-refractivity contribution in [1.82, 2.24) is 0 Å². The lowest BCUT2D eigenvalue weighted by atomic mass is 11.0. The first-order chi connectivity index (χ1) is 2.50. The van der Waals surface area contributed by atoms with Gasteiger partial charge in [0.1, 0.15) is 0 Å². The summed E-state index contributed by atoms with van der Waals surface area (Å²) in [6.45, 7) is 2.00. The minimum atomic E-state index is 1.00. The number of epoxide rings is 1. The summed E-state index contributed by atoms with van der Waals surface area (Å²) in [5.74, 6) is 1.81. The van der Waals surface area contributed by atoms with E-state index in [2.05, 4.69) is 20.7 Å². The Hall–Kier alpha value is 0.440. The van der Waals surface area contributed by atoms with Gasteiger partial charge in [0.15, 0.2) is 0 Å². The van der Waals surface area contributed by atoms with Gasteiger partial charge in [-0.25, -0.2) is 0 Å². The van der Waals surface area contributed by atoms with Crippen LogP contribution in [0.1, 0.15) is 0 Å². The van der Waals surface area contributed by atoms with Gasteiger partial charge < -0.3 is 4.74 Å². The van der Waals surface area contributed by atoms with Crippen molar-refractivity contribution >= 4 is 15.9 Å². The fourth-order valence-electron chi connectivity index (χ4n) is 0. The maximum absolute atomic E-state index is 4.50. The highest BCUT2D eigenvalue weighted by Crippen LogP contribution is 1.84. The van der Waals surface area contributed by atoms with Gasteiger partial charge in [0.25, 0.3) is 0 Å². The van der Waals surface area contributed by atoms with Crippen LogP contribution in [0.5, 0.6) is 0 Å². The first-order valence-corrected chi connectivity index (χ1v) is 3.04. The highest BCUT2D eigenvalue weighted by molar-refractivity contribution is 9.08. The Labute approximate surface area is 40.5 Å². The van der Waals surface area contributed by atoms with Crippen molar-refractivity contribution < 1.29 is 4.74 Å². The van der Waals surface area contributed by atoms with Crippen molar-refractivity contribution in [2.24, 2.45) is 0 Å². The average Bonchev–Trinajstić information content (AvgIpc) is 2.19. The molecule has 0 bridgehead atoms. The van der Waals surface area contributed by atoms with Crippen LogP contribution in [0.3, 0.4) is 0 Å². The van der Waals surface area contributed by atoms with Gasteiger partial charge in [0, 0.05) is 0 Å². The predicted molar refractivity (Wildman–Crippen MR) is 25.7 cm³/mol. The largest absolute Gasteiger partial charge is 0.377 e. The minimum Gasteiger partial charge on any atom is -0.377 e. The fourth-order valence-corrected chi connectivity index (χ4v) is 0. The van der Waals surface area contributed by atoms with Crippen LogP contribution < -0.4 is 0 Å². The second-order valence-electron chi connectivity index (χ2n) is 0.612. The summed E-state index contributed by atoms with van der Waals surface area (Å²) in [5.41, 5.74) is 0. The van der Waals surface area contributed by atoms with Crippen LogP contribution >= 0.6 is 15.9 Å². The van der Waals surface area contributed by atoms with Crippen LogP contribution in [0, 0.1) is 0 Å². The molecule has 1 saturated heterocycles. The summed E-state index contributed by atoms with van der Waals surface area (Å²) in [5, 5.41) is 0. The number of ether oxygens (including phenoxy) is 1. The molecule has 0 N–H and O–H groups in total. The second-order valence-corrected chi connectivity index (χ2v) is 0.612. The summed E-state index contributed by atoms with van der Waals surface area (Å²) < 4.78 is 4.50. The van der Waals surface area contributed by atoms with Crippen molar-refractivity contribution in [2.45, 2.75) is 0 Å². The molecule has 0 spiro atoms. The molecule has 0 saturated carbocycles. The second kappa shape index (κ2) is 4.44. The van der Waals surface area contributed by atoms with Gasteiger partial charge in [0.2, 0.25) is 0 Å². The lowest BCUT2D eigenvalue weighted by Crippen LogP contribution is -1.20. The van der Waals surface area contributed by atoms with Gasteiger partial charge in [-0.1, -0.05) is 15.9 Å². The van der Waals surface area contributed by atoms with Gasteiger partial charge in [0.05, 0.1) is 13.2 Å².